The zero-order chi connectivity index (χ0) is 12.4. The molecule has 1 aromatic carbocycles. The molecule has 1 aliphatic heterocycles. The van der Waals surface area contributed by atoms with Crippen LogP contribution in [0, 0.1) is 0 Å². The fourth-order valence-electron chi connectivity index (χ4n) is 1.98. The highest BCUT2D eigenvalue weighted by atomic mass is 79.9. The maximum Gasteiger partial charge on any atom is 0.257 e. The highest BCUT2D eigenvalue weighted by molar-refractivity contribution is 9.10. The Balaban J connectivity index is 2.24. The molecule has 1 aliphatic rings. The molecule has 0 aliphatic carbocycles. The molecule has 0 bridgehead atoms. The summed E-state index contributed by atoms with van der Waals surface area (Å²) >= 11 is 3.26. The number of hydrogen-bond acceptors (Lipinski definition) is 3. The maximum atomic E-state index is 12.3. The van der Waals surface area contributed by atoms with E-state index < -0.39 is 0 Å². The fraction of sp³-hybridized carbons (Fsp3) is 0.417. The quantitative estimate of drug-likeness (QED) is 0.828. The van der Waals surface area contributed by atoms with E-state index in [1.54, 1.807) is 23.1 Å². The molecule has 5 heteroatoms. The van der Waals surface area contributed by atoms with Crippen LogP contribution in [0.2, 0.25) is 0 Å². The molecule has 1 amide bonds. The van der Waals surface area contributed by atoms with Crippen LogP contribution in [-0.4, -0.2) is 41.6 Å². The van der Waals surface area contributed by atoms with Crippen LogP contribution in [0.4, 0.5) is 0 Å². The first kappa shape index (κ1) is 12.4. The van der Waals surface area contributed by atoms with Gasteiger partial charge in [0, 0.05) is 30.1 Å². The number of carbonyl (C=O) groups excluding carboxylic acids is 1. The van der Waals surface area contributed by atoms with Crippen molar-refractivity contribution in [2.24, 2.45) is 0 Å². The number of carbonyl (C=O) groups is 1. The number of nitrogens with one attached hydrogen (secondary N) is 1. The summed E-state index contributed by atoms with van der Waals surface area (Å²) in [6.07, 6.45) is 0. The molecule has 0 aromatic heterocycles. The monoisotopic (exact) mass is 298 g/mol. The van der Waals surface area contributed by atoms with Crippen LogP contribution in [0.5, 0.6) is 5.75 Å². The van der Waals surface area contributed by atoms with Gasteiger partial charge in [0.1, 0.15) is 5.75 Å². The summed E-state index contributed by atoms with van der Waals surface area (Å²) in [6, 6.07) is 5.11. The molecule has 4 nitrogen and oxygen atoms in total. The van der Waals surface area contributed by atoms with Gasteiger partial charge in [-0.15, -0.1) is 0 Å². The molecule has 0 saturated carbocycles. The topological polar surface area (TPSA) is 52.6 Å². The minimum absolute atomic E-state index is 0.0232. The fourth-order valence-corrected chi connectivity index (χ4v) is 2.33. The largest absolute Gasteiger partial charge is 0.507 e. The van der Waals surface area contributed by atoms with E-state index >= 15 is 0 Å². The molecule has 0 radical (unpaired) electrons. The molecule has 0 spiro atoms. The zero-order valence-electron chi connectivity index (χ0n) is 9.61. The lowest BCUT2D eigenvalue weighted by atomic mass is 10.1. The van der Waals surface area contributed by atoms with Gasteiger partial charge in [-0.05, 0) is 25.1 Å². The lowest BCUT2D eigenvalue weighted by molar-refractivity contribution is 0.0652. The normalized spacial score (nSPS) is 20.4. The third kappa shape index (κ3) is 2.61. The molecule has 1 saturated heterocycles. The number of phenols is 1. The average Bonchev–Trinajstić information content (AvgIpc) is 2.29. The first-order chi connectivity index (χ1) is 8.09. The smallest absolute Gasteiger partial charge is 0.257 e. The highest BCUT2D eigenvalue weighted by Gasteiger charge is 2.25. The maximum absolute atomic E-state index is 12.3. The number of piperazine rings is 1. The molecule has 92 valence electrons. The van der Waals surface area contributed by atoms with Crippen molar-refractivity contribution in [1.29, 1.82) is 0 Å². The molecule has 1 aromatic rings. The summed E-state index contributed by atoms with van der Waals surface area (Å²) in [7, 11) is 0. The van der Waals surface area contributed by atoms with Crippen molar-refractivity contribution >= 4 is 21.8 Å². The molecular weight excluding hydrogens is 284 g/mol. The SMILES string of the molecule is C[C@@H]1CNCCN1C(=O)c1ccc(Br)cc1O. The Hall–Kier alpha value is -1.07. The van der Waals surface area contributed by atoms with Crippen molar-refractivity contribution in [2.45, 2.75) is 13.0 Å². The summed E-state index contributed by atoms with van der Waals surface area (Å²) in [5.41, 5.74) is 0.363. The number of amides is 1. The van der Waals surface area contributed by atoms with Gasteiger partial charge in [0.2, 0.25) is 0 Å². The Morgan fingerprint density at radius 2 is 2.35 bits per heavy atom. The van der Waals surface area contributed by atoms with Gasteiger partial charge in [-0.3, -0.25) is 4.79 Å². The number of nitrogens with zero attached hydrogens (tertiary/aromatic N) is 1. The van der Waals surface area contributed by atoms with Gasteiger partial charge in [-0.25, -0.2) is 0 Å². The standard InChI is InChI=1S/C12H15BrN2O2/c1-8-7-14-4-5-15(8)12(17)10-3-2-9(13)6-11(10)16/h2-3,6,8,14,16H,4-5,7H2,1H3/t8-/m1/s1. The lowest BCUT2D eigenvalue weighted by Gasteiger charge is -2.34. The van der Waals surface area contributed by atoms with Gasteiger partial charge in [-0.1, -0.05) is 15.9 Å². The minimum atomic E-state index is -0.107. The van der Waals surface area contributed by atoms with Crippen LogP contribution in [0.1, 0.15) is 17.3 Å². The van der Waals surface area contributed by atoms with Gasteiger partial charge >= 0.3 is 0 Å². The molecule has 0 unspecified atom stereocenters. The zero-order valence-corrected chi connectivity index (χ0v) is 11.2. The second-order valence-electron chi connectivity index (χ2n) is 4.21. The Bertz CT molecular complexity index is 437. The van der Waals surface area contributed by atoms with E-state index in [0.717, 1.165) is 17.6 Å². The molecule has 2 N–H and O–H groups in total. The van der Waals surface area contributed by atoms with Crippen LogP contribution in [0.25, 0.3) is 0 Å². The number of phenolic OH excluding ortho intramolecular Hbond substituents is 1. The van der Waals surface area contributed by atoms with Gasteiger partial charge in [0.05, 0.1) is 5.56 Å². The lowest BCUT2D eigenvalue weighted by Crippen LogP contribution is -2.52. The van der Waals surface area contributed by atoms with E-state index in [9.17, 15) is 9.90 Å². The van der Waals surface area contributed by atoms with Gasteiger partial charge in [0.15, 0.2) is 0 Å². The van der Waals surface area contributed by atoms with Crippen LogP contribution in [0.3, 0.4) is 0 Å². The third-order valence-electron chi connectivity index (χ3n) is 2.95. The Labute approximate surface area is 109 Å². The number of benzene rings is 1. The minimum Gasteiger partial charge on any atom is -0.507 e. The predicted molar refractivity (Wildman–Crippen MR) is 69.2 cm³/mol. The highest BCUT2D eigenvalue weighted by Crippen LogP contribution is 2.24. The second kappa shape index (κ2) is 5.06. The van der Waals surface area contributed by atoms with E-state index in [1.165, 1.54) is 0 Å². The Morgan fingerprint density at radius 1 is 1.59 bits per heavy atom. The summed E-state index contributed by atoms with van der Waals surface area (Å²) in [5.74, 6) is -0.0842. The number of hydrogen-bond donors (Lipinski definition) is 2. The van der Waals surface area contributed by atoms with Gasteiger partial charge in [0.25, 0.3) is 5.91 Å². The molecule has 17 heavy (non-hydrogen) atoms. The van der Waals surface area contributed by atoms with Gasteiger partial charge < -0.3 is 15.3 Å². The second-order valence-corrected chi connectivity index (χ2v) is 5.13. The summed E-state index contributed by atoms with van der Waals surface area (Å²) in [5, 5.41) is 13.0. The van der Waals surface area contributed by atoms with Crippen molar-refractivity contribution in [3.05, 3.63) is 28.2 Å². The van der Waals surface area contributed by atoms with Crippen molar-refractivity contribution in [1.82, 2.24) is 10.2 Å². The van der Waals surface area contributed by atoms with Crippen molar-refractivity contribution in [3.8, 4) is 5.75 Å². The van der Waals surface area contributed by atoms with Gasteiger partial charge in [-0.2, -0.15) is 0 Å². The molecule has 1 fully saturated rings. The first-order valence-corrected chi connectivity index (χ1v) is 6.39. The summed E-state index contributed by atoms with van der Waals surface area (Å²) in [6.45, 7) is 4.27. The summed E-state index contributed by atoms with van der Waals surface area (Å²) < 4.78 is 0.764. The number of rotatable bonds is 1. The molecule has 1 atom stereocenters. The Morgan fingerprint density at radius 3 is 3.00 bits per heavy atom. The van der Waals surface area contributed by atoms with E-state index in [4.69, 9.17) is 0 Å². The molecular formula is C12H15BrN2O2. The first-order valence-electron chi connectivity index (χ1n) is 5.60. The van der Waals surface area contributed by atoms with Crippen LogP contribution >= 0.6 is 15.9 Å². The van der Waals surface area contributed by atoms with Crippen molar-refractivity contribution < 1.29 is 9.90 Å². The Kier molecular flexibility index (Phi) is 3.69. The van der Waals surface area contributed by atoms with Crippen LogP contribution in [-0.2, 0) is 0 Å². The van der Waals surface area contributed by atoms with Crippen molar-refractivity contribution in [3.63, 3.8) is 0 Å². The van der Waals surface area contributed by atoms with Crippen LogP contribution < -0.4 is 5.32 Å². The third-order valence-corrected chi connectivity index (χ3v) is 3.45. The predicted octanol–water partition coefficient (Wildman–Crippen LogP) is 1.59. The van der Waals surface area contributed by atoms with Crippen LogP contribution in [0.15, 0.2) is 22.7 Å². The van der Waals surface area contributed by atoms with E-state index in [-0.39, 0.29) is 17.7 Å². The molecule has 2 rings (SSSR count). The average molecular weight is 299 g/mol. The number of halogens is 1. The van der Waals surface area contributed by atoms with E-state index in [0.29, 0.717) is 12.1 Å². The summed E-state index contributed by atoms with van der Waals surface area (Å²) in [4.78, 5) is 14.1. The van der Waals surface area contributed by atoms with Crippen molar-refractivity contribution in [2.75, 3.05) is 19.6 Å². The van der Waals surface area contributed by atoms with E-state index in [2.05, 4.69) is 21.2 Å². The van der Waals surface area contributed by atoms with E-state index in [1.807, 2.05) is 6.92 Å². The molecule has 1 heterocycles. The number of aromatic hydroxyl groups is 1.